The Balaban J connectivity index is 2.38. The Labute approximate surface area is 105 Å². The Morgan fingerprint density at radius 2 is 1.89 bits per heavy atom. The first-order chi connectivity index (χ1) is 8.52. The molecule has 1 aromatic rings. The fraction of sp³-hybridized carbons (Fsp3) is 0.333. The summed E-state index contributed by atoms with van der Waals surface area (Å²) < 4.78 is 12.6. The standard InChI is InChI=1S/C12H16FN3O2/c1-8(12(18)14-2)15-7-11(17)16-10-5-3-9(13)4-6-10/h3-6,8,15H,7H2,1-2H3,(H,14,18)(H,16,17). The van der Waals surface area contributed by atoms with Crippen molar-refractivity contribution < 1.29 is 14.0 Å². The van der Waals surface area contributed by atoms with E-state index in [0.717, 1.165) is 0 Å². The largest absolute Gasteiger partial charge is 0.358 e. The normalized spacial score (nSPS) is 11.7. The van der Waals surface area contributed by atoms with Crippen molar-refractivity contribution in [3.05, 3.63) is 30.1 Å². The average Bonchev–Trinajstić information content (AvgIpc) is 2.37. The molecule has 0 aliphatic carbocycles. The highest BCUT2D eigenvalue weighted by molar-refractivity contribution is 5.92. The highest BCUT2D eigenvalue weighted by Crippen LogP contribution is 2.07. The molecule has 0 aromatic heterocycles. The van der Waals surface area contributed by atoms with Gasteiger partial charge in [0.15, 0.2) is 0 Å². The summed E-state index contributed by atoms with van der Waals surface area (Å²) >= 11 is 0. The molecule has 0 fully saturated rings. The maximum Gasteiger partial charge on any atom is 0.238 e. The summed E-state index contributed by atoms with van der Waals surface area (Å²) in [6.07, 6.45) is 0. The van der Waals surface area contributed by atoms with E-state index in [0.29, 0.717) is 5.69 Å². The lowest BCUT2D eigenvalue weighted by molar-refractivity contribution is -0.122. The SMILES string of the molecule is CNC(=O)C(C)NCC(=O)Nc1ccc(F)cc1. The minimum Gasteiger partial charge on any atom is -0.358 e. The van der Waals surface area contributed by atoms with Gasteiger partial charge in [-0.2, -0.15) is 0 Å². The third kappa shape index (κ3) is 4.50. The lowest BCUT2D eigenvalue weighted by Crippen LogP contribution is -2.43. The smallest absolute Gasteiger partial charge is 0.238 e. The lowest BCUT2D eigenvalue weighted by Gasteiger charge is -2.12. The topological polar surface area (TPSA) is 70.2 Å². The monoisotopic (exact) mass is 253 g/mol. The zero-order valence-corrected chi connectivity index (χ0v) is 10.3. The van der Waals surface area contributed by atoms with E-state index in [1.807, 2.05) is 0 Å². The Bertz CT molecular complexity index is 420. The van der Waals surface area contributed by atoms with Gasteiger partial charge in [-0.3, -0.25) is 14.9 Å². The van der Waals surface area contributed by atoms with Gasteiger partial charge in [0.2, 0.25) is 11.8 Å². The molecule has 0 aliphatic heterocycles. The van der Waals surface area contributed by atoms with Gasteiger partial charge in [-0.05, 0) is 31.2 Å². The van der Waals surface area contributed by atoms with Crippen LogP contribution in [0.15, 0.2) is 24.3 Å². The van der Waals surface area contributed by atoms with E-state index in [1.54, 1.807) is 6.92 Å². The van der Waals surface area contributed by atoms with Gasteiger partial charge in [-0.25, -0.2) is 4.39 Å². The molecule has 0 aliphatic rings. The second-order valence-electron chi connectivity index (χ2n) is 3.77. The minimum absolute atomic E-state index is 0.00592. The van der Waals surface area contributed by atoms with E-state index in [-0.39, 0.29) is 24.2 Å². The highest BCUT2D eigenvalue weighted by atomic mass is 19.1. The quantitative estimate of drug-likeness (QED) is 0.715. The fourth-order valence-electron chi connectivity index (χ4n) is 1.29. The number of hydrogen-bond donors (Lipinski definition) is 3. The van der Waals surface area contributed by atoms with Crippen molar-refractivity contribution in [2.75, 3.05) is 18.9 Å². The van der Waals surface area contributed by atoms with Crippen molar-refractivity contribution in [3.63, 3.8) is 0 Å². The van der Waals surface area contributed by atoms with E-state index in [1.165, 1.54) is 31.3 Å². The molecular weight excluding hydrogens is 237 g/mol. The first kappa shape index (κ1) is 14.1. The predicted octanol–water partition coefficient (Wildman–Crippen LogP) is 0.488. The van der Waals surface area contributed by atoms with Gasteiger partial charge in [-0.1, -0.05) is 0 Å². The molecule has 1 unspecified atom stereocenters. The Hall–Kier alpha value is -1.95. The molecular formula is C12H16FN3O2. The molecule has 6 heteroatoms. The average molecular weight is 253 g/mol. The van der Waals surface area contributed by atoms with Gasteiger partial charge < -0.3 is 10.6 Å². The molecule has 0 heterocycles. The van der Waals surface area contributed by atoms with Crippen molar-refractivity contribution >= 4 is 17.5 Å². The summed E-state index contributed by atoms with van der Waals surface area (Å²) in [5.74, 6) is -0.846. The summed E-state index contributed by atoms with van der Waals surface area (Å²) in [6.45, 7) is 1.66. The number of halogens is 1. The molecule has 1 rings (SSSR count). The Morgan fingerprint density at radius 1 is 1.28 bits per heavy atom. The molecule has 1 aromatic carbocycles. The lowest BCUT2D eigenvalue weighted by atomic mass is 10.3. The fourth-order valence-corrected chi connectivity index (χ4v) is 1.29. The first-order valence-electron chi connectivity index (χ1n) is 5.53. The van der Waals surface area contributed by atoms with Crippen molar-refractivity contribution in [2.45, 2.75) is 13.0 Å². The second kappa shape index (κ2) is 6.70. The van der Waals surface area contributed by atoms with E-state index >= 15 is 0 Å². The highest BCUT2D eigenvalue weighted by Gasteiger charge is 2.11. The van der Waals surface area contributed by atoms with Crippen LogP contribution < -0.4 is 16.0 Å². The molecule has 1 atom stereocenters. The molecule has 0 spiro atoms. The summed E-state index contributed by atoms with van der Waals surface area (Å²) in [5, 5.41) is 7.82. The molecule has 18 heavy (non-hydrogen) atoms. The van der Waals surface area contributed by atoms with E-state index in [4.69, 9.17) is 0 Å². The maximum atomic E-state index is 12.6. The summed E-state index contributed by atoms with van der Waals surface area (Å²) in [5.41, 5.74) is 0.510. The van der Waals surface area contributed by atoms with Crippen molar-refractivity contribution in [3.8, 4) is 0 Å². The Morgan fingerprint density at radius 3 is 2.44 bits per heavy atom. The van der Waals surface area contributed by atoms with Gasteiger partial charge in [0, 0.05) is 12.7 Å². The molecule has 0 saturated heterocycles. The van der Waals surface area contributed by atoms with Crippen LogP contribution in [0.25, 0.3) is 0 Å². The number of benzene rings is 1. The zero-order valence-electron chi connectivity index (χ0n) is 10.3. The van der Waals surface area contributed by atoms with Gasteiger partial charge in [0.05, 0.1) is 12.6 Å². The number of rotatable bonds is 5. The van der Waals surface area contributed by atoms with Gasteiger partial charge in [0.25, 0.3) is 0 Å². The van der Waals surface area contributed by atoms with Crippen LogP contribution in [0.5, 0.6) is 0 Å². The number of likely N-dealkylation sites (N-methyl/N-ethyl adjacent to an activating group) is 1. The summed E-state index contributed by atoms with van der Waals surface area (Å²) in [4.78, 5) is 22.7. The molecule has 0 saturated carbocycles. The second-order valence-corrected chi connectivity index (χ2v) is 3.77. The maximum absolute atomic E-state index is 12.6. The van der Waals surface area contributed by atoms with Gasteiger partial charge in [-0.15, -0.1) is 0 Å². The van der Waals surface area contributed by atoms with Crippen LogP contribution >= 0.6 is 0 Å². The summed E-state index contributed by atoms with van der Waals surface area (Å²) in [6, 6.07) is 5.01. The Kier molecular flexibility index (Phi) is 5.26. The van der Waals surface area contributed by atoms with Crippen LogP contribution in [0.3, 0.4) is 0 Å². The van der Waals surface area contributed by atoms with Crippen LogP contribution in [0.4, 0.5) is 10.1 Å². The first-order valence-corrected chi connectivity index (χ1v) is 5.53. The van der Waals surface area contributed by atoms with Crippen LogP contribution in [-0.4, -0.2) is 31.4 Å². The van der Waals surface area contributed by atoms with E-state index in [2.05, 4.69) is 16.0 Å². The van der Waals surface area contributed by atoms with Crippen molar-refractivity contribution in [1.29, 1.82) is 0 Å². The number of carbonyl (C=O) groups is 2. The number of anilines is 1. The molecule has 0 radical (unpaired) electrons. The van der Waals surface area contributed by atoms with Crippen LogP contribution in [0.2, 0.25) is 0 Å². The third-order valence-electron chi connectivity index (χ3n) is 2.34. The van der Waals surface area contributed by atoms with Gasteiger partial charge in [0.1, 0.15) is 5.82 Å². The van der Waals surface area contributed by atoms with Gasteiger partial charge >= 0.3 is 0 Å². The van der Waals surface area contributed by atoms with Crippen LogP contribution in [0, 0.1) is 5.82 Å². The van der Waals surface area contributed by atoms with E-state index in [9.17, 15) is 14.0 Å². The van der Waals surface area contributed by atoms with E-state index < -0.39 is 6.04 Å². The number of nitrogens with one attached hydrogen (secondary N) is 3. The minimum atomic E-state index is -0.450. The van der Waals surface area contributed by atoms with Crippen LogP contribution in [0.1, 0.15) is 6.92 Å². The summed E-state index contributed by atoms with van der Waals surface area (Å²) in [7, 11) is 1.53. The number of carbonyl (C=O) groups excluding carboxylic acids is 2. The molecule has 98 valence electrons. The zero-order chi connectivity index (χ0) is 13.5. The molecule has 0 bridgehead atoms. The predicted molar refractivity (Wildman–Crippen MR) is 66.6 cm³/mol. The number of amides is 2. The molecule has 3 N–H and O–H groups in total. The molecule has 5 nitrogen and oxygen atoms in total. The number of hydrogen-bond acceptors (Lipinski definition) is 3. The molecule has 2 amide bonds. The third-order valence-corrected chi connectivity index (χ3v) is 2.34. The van der Waals surface area contributed by atoms with Crippen molar-refractivity contribution in [2.24, 2.45) is 0 Å². The van der Waals surface area contributed by atoms with Crippen LogP contribution in [-0.2, 0) is 9.59 Å². The van der Waals surface area contributed by atoms with Crippen molar-refractivity contribution in [1.82, 2.24) is 10.6 Å².